The predicted octanol–water partition coefficient (Wildman–Crippen LogP) is 12.8. The number of hydrogen-bond donors (Lipinski definition) is 0. The molecule has 1 aliphatic carbocycles. The quantitative estimate of drug-likeness (QED) is 0.147. The Morgan fingerprint density at radius 2 is 1.42 bits per heavy atom. The van der Waals surface area contributed by atoms with Gasteiger partial charge in [-0.15, -0.1) is 0 Å². The molecule has 55 heavy (non-hydrogen) atoms. The van der Waals surface area contributed by atoms with E-state index in [1.807, 2.05) is 0 Å². The first-order chi connectivity index (χ1) is 25.9. The second-order valence-corrected chi connectivity index (χ2v) is 18.8. The van der Waals surface area contributed by atoms with Gasteiger partial charge in [-0.25, -0.2) is 0 Å². The third-order valence-electron chi connectivity index (χ3n) is 13.4. The van der Waals surface area contributed by atoms with Crippen LogP contribution in [0.25, 0.3) is 16.7 Å². The lowest BCUT2D eigenvalue weighted by Gasteiger charge is -2.49. The van der Waals surface area contributed by atoms with Crippen LogP contribution in [0.1, 0.15) is 121 Å². The average Bonchev–Trinajstić information content (AvgIpc) is 3.15. The van der Waals surface area contributed by atoms with Gasteiger partial charge >= 0.3 is 0 Å². The largest absolute Gasteiger partial charge is 0.345 e. The molecule has 0 spiro atoms. The van der Waals surface area contributed by atoms with Crippen molar-refractivity contribution in [1.82, 2.24) is 0 Å². The Bertz CT molecular complexity index is 2250. The van der Waals surface area contributed by atoms with E-state index in [0.717, 1.165) is 0 Å². The standard InChI is InChI=1S/C52H62BN2/c1-33(2)40-29-46(54(13)41-23-24-42-43(31-41)51(10,11)27-26-50(42,8)9)49-47(30-40)55(52(12,34(3)4)32-37(7)38-20-15-14-16-21-38)45-28-39(22-25-44(45)53-49)48-35(5)18-17-19-36(48)6/h14-25,28-34H,26-27H2,1-13H3/b37-32+. The van der Waals surface area contributed by atoms with Crippen molar-refractivity contribution in [2.24, 2.45) is 5.92 Å². The van der Waals surface area contributed by atoms with Crippen LogP contribution in [-0.4, -0.2) is 19.9 Å². The summed E-state index contributed by atoms with van der Waals surface area (Å²) in [4.78, 5) is 5.17. The number of allylic oxidation sites excluding steroid dienone is 1. The Morgan fingerprint density at radius 1 is 0.764 bits per heavy atom. The molecule has 3 heteroatoms. The van der Waals surface area contributed by atoms with Crippen molar-refractivity contribution in [3.8, 4) is 11.1 Å². The summed E-state index contributed by atoms with van der Waals surface area (Å²) in [5.74, 6) is 0.653. The maximum absolute atomic E-state index is 2.70. The summed E-state index contributed by atoms with van der Waals surface area (Å²) in [6.07, 6.45) is 4.95. The fraction of sp³-hybridized carbons (Fsp3) is 0.385. The number of aryl methyl sites for hydroxylation is 2. The molecule has 1 heterocycles. The second kappa shape index (κ2) is 14.2. The van der Waals surface area contributed by atoms with E-state index >= 15 is 0 Å². The van der Waals surface area contributed by atoms with Crippen LogP contribution in [0.3, 0.4) is 0 Å². The Hall–Kier alpha value is -4.50. The van der Waals surface area contributed by atoms with Gasteiger partial charge in [0.05, 0.1) is 5.54 Å². The predicted molar refractivity (Wildman–Crippen MR) is 242 cm³/mol. The number of benzene rings is 5. The van der Waals surface area contributed by atoms with Crippen molar-refractivity contribution in [2.75, 3.05) is 16.8 Å². The number of rotatable bonds is 8. The number of hydrogen-bond acceptors (Lipinski definition) is 2. The van der Waals surface area contributed by atoms with Crippen LogP contribution in [0.2, 0.25) is 0 Å². The van der Waals surface area contributed by atoms with E-state index in [1.165, 1.54) is 96.6 Å². The highest BCUT2D eigenvalue weighted by molar-refractivity contribution is 6.73. The topological polar surface area (TPSA) is 6.48 Å². The van der Waals surface area contributed by atoms with Crippen LogP contribution >= 0.6 is 0 Å². The lowest BCUT2D eigenvalue weighted by Crippen LogP contribution is -2.54. The minimum Gasteiger partial charge on any atom is -0.345 e. The highest BCUT2D eigenvalue weighted by atomic mass is 15.2. The molecule has 283 valence electrons. The first-order valence-electron chi connectivity index (χ1n) is 20.6. The van der Waals surface area contributed by atoms with Crippen LogP contribution in [0.5, 0.6) is 0 Å². The monoisotopic (exact) mass is 726 g/mol. The molecule has 1 unspecified atom stereocenters. The zero-order chi connectivity index (χ0) is 39.6. The first-order valence-corrected chi connectivity index (χ1v) is 20.6. The van der Waals surface area contributed by atoms with Crippen LogP contribution in [0.4, 0.5) is 22.7 Å². The van der Waals surface area contributed by atoms with Gasteiger partial charge in [0, 0.05) is 29.8 Å². The molecule has 0 saturated carbocycles. The van der Waals surface area contributed by atoms with Gasteiger partial charge in [0.15, 0.2) is 7.28 Å². The SMILES string of the molecule is C/C(=C\C(C)(C(C)C)N1c2cc(-c3c(C)cccc3C)ccc2[B]c2c(N(C)c3ccc4c(c3)C(C)(C)CCC4(C)C)cc(C(C)C)cc21)c1ccccc1. The molecule has 2 nitrogen and oxygen atoms in total. The van der Waals surface area contributed by atoms with Gasteiger partial charge in [-0.3, -0.25) is 0 Å². The molecule has 1 radical (unpaired) electrons. The second-order valence-electron chi connectivity index (χ2n) is 18.8. The number of anilines is 4. The summed E-state index contributed by atoms with van der Waals surface area (Å²) >= 11 is 0. The Morgan fingerprint density at radius 3 is 2.05 bits per heavy atom. The molecule has 0 amide bonds. The maximum atomic E-state index is 2.70. The molecular formula is C52H62BN2. The van der Waals surface area contributed by atoms with Crippen molar-refractivity contribution in [3.63, 3.8) is 0 Å². The van der Waals surface area contributed by atoms with E-state index in [1.54, 1.807) is 0 Å². The number of fused-ring (bicyclic) bond motifs is 3. The highest BCUT2D eigenvalue weighted by Crippen LogP contribution is 2.48. The Labute approximate surface area is 333 Å². The summed E-state index contributed by atoms with van der Waals surface area (Å²) < 4.78 is 0. The summed E-state index contributed by atoms with van der Waals surface area (Å²) in [5.41, 5.74) is 19.6. The smallest absolute Gasteiger partial charge is 0.199 e. The van der Waals surface area contributed by atoms with Crippen molar-refractivity contribution < 1.29 is 0 Å². The van der Waals surface area contributed by atoms with Gasteiger partial charge in [-0.2, -0.15) is 0 Å². The van der Waals surface area contributed by atoms with E-state index in [9.17, 15) is 0 Å². The molecule has 5 aromatic rings. The fourth-order valence-electron chi connectivity index (χ4n) is 9.31. The van der Waals surface area contributed by atoms with Gasteiger partial charge in [-0.1, -0.05) is 134 Å². The van der Waals surface area contributed by atoms with Crippen molar-refractivity contribution in [3.05, 3.63) is 137 Å². The highest BCUT2D eigenvalue weighted by Gasteiger charge is 2.41. The average molecular weight is 726 g/mol. The van der Waals surface area contributed by atoms with E-state index in [-0.39, 0.29) is 16.4 Å². The minimum atomic E-state index is -0.357. The summed E-state index contributed by atoms with van der Waals surface area (Å²) in [6, 6.07) is 37.0. The van der Waals surface area contributed by atoms with Crippen LogP contribution in [-0.2, 0) is 10.8 Å². The van der Waals surface area contributed by atoms with Crippen LogP contribution < -0.4 is 20.7 Å². The van der Waals surface area contributed by atoms with Gasteiger partial charge in [0.1, 0.15) is 0 Å². The molecule has 0 saturated heterocycles. The zero-order valence-corrected chi connectivity index (χ0v) is 35.9. The van der Waals surface area contributed by atoms with Gasteiger partial charge in [0.25, 0.3) is 0 Å². The Balaban J connectivity index is 1.49. The fourth-order valence-corrected chi connectivity index (χ4v) is 9.31. The van der Waals surface area contributed by atoms with Crippen LogP contribution in [0, 0.1) is 19.8 Å². The first kappa shape index (κ1) is 38.8. The summed E-state index contributed by atoms with van der Waals surface area (Å²) in [5, 5.41) is 0. The molecule has 1 aliphatic heterocycles. The van der Waals surface area contributed by atoms with Crippen LogP contribution in [0.15, 0.2) is 103 Å². The normalized spacial score (nSPS) is 16.9. The van der Waals surface area contributed by atoms with Crippen molar-refractivity contribution in [2.45, 2.75) is 118 Å². The van der Waals surface area contributed by atoms with Crippen molar-refractivity contribution in [1.29, 1.82) is 0 Å². The van der Waals surface area contributed by atoms with Gasteiger partial charge in [0.2, 0.25) is 0 Å². The molecule has 7 rings (SSSR count). The molecule has 0 fully saturated rings. The Kier molecular flexibility index (Phi) is 10.0. The minimum absolute atomic E-state index is 0.137. The molecular weight excluding hydrogens is 663 g/mol. The van der Waals surface area contributed by atoms with Gasteiger partial charge < -0.3 is 9.80 Å². The summed E-state index contributed by atoms with van der Waals surface area (Å²) in [6.45, 7) is 28.3. The molecule has 2 aliphatic rings. The third-order valence-corrected chi connectivity index (χ3v) is 13.4. The van der Waals surface area contributed by atoms with Gasteiger partial charge in [-0.05, 0) is 149 Å². The van der Waals surface area contributed by atoms with E-state index in [0.29, 0.717) is 11.8 Å². The maximum Gasteiger partial charge on any atom is 0.199 e. The molecule has 5 aromatic carbocycles. The van der Waals surface area contributed by atoms with E-state index < -0.39 is 0 Å². The molecule has 0 bridgehead atoms. The molecule has 1 atom stereocenters. The molecule has 0 N–H and O–H groups in total. The zero-order valence-electron chi connectivity index (χ0n) is 35.9. The third kappa shape index (κ3) is 6.87. The lowest BCUT2D eigenvalue weighted by atomic mass is 9.58. The van der Waals surface area contributed by atoms with Crippen molar-refractivity contribution >= 4 is 46.5 Å². The van der Waals surface area contributed by atoms with E-state index in [4.69, 9.17) is 0 Å². The molecule has 0 aromatic heterocycles. The lowest BCUT2D eigenvalue weighted by molar-refractivity contribution is 0.332. The summed E-state index contributed by atoms with van der Waals surface area (Å²) in [7, 11) is 4.74. The van der Waals surface area contributed by atoms with E-state index in [2.05, 4.69) is 210 Å². The number of nitrogens with zero attached hydrogens (tertiary/aromatic N) is 2.